The lowest BCUT2D eigenvalue weighted by atomic mass is 9.88. The molecule has 0 saturated carbocycles. The number of aliphatic carboxylic acids is 1. The van der Waals surface area contributed by atoms with Crippen molar-refractivity contribution in [3.8, 4) is 0 Å². The first-order chi connectivity index (χ1) is 9.54. The molecule has 0 atom stereocenters. The van der Waals surface area contributed by atoms with E-state index in [9.17, 15) is 18.0 Å². The molecule has 114 valence electrons. The van der Waals surface area contributed by atoms with E-state index in [1.165, 1.54) is 12.1 Å². The van der Waals surface area contributed by atoms with Crippen LogP contribution in [0.2, 0.25) is 0 Å². The number of aromatic nitrogens is 1. The van der Waals surface area contributed by atoms with Crippen molar-refractivity contribution in [3.63, 3.8) is 0 Å². The lowest BCUT2D eigenvalue weighted by molar-refractivity contribution is -0.146. The number of hydrogen-bond donors (Lipinski definition) is 1. The third kappa shape index (κ3) is 2.75. The Morgan fingerprint density at radius 3 is 2.43 bits per heavy atom. The molecule has 0 unspecified atom stereocenters. The van der Waals surface area contributed by atoms with Crippen molar-refractivity contribution < 1.29 is 23.1 Å². The van der Waals surface area contributed by atoms with E-state index in [0.717, 1.165) is 6.07 Å². The highest BCUT2D eigenvalue weighted by Gasteiger charge is 2.34. The van der Waals surface area contributed by atoms with Crippen LogP contribution in [0.4, 0.5) is 13.2 Å². The molecule has 2 rings (SSSR count). The molecule has 2 aromatic rings. The Morgan fingerprint density at radius 1 is 1.29 bits per heavy atom. The fraction of sp³-hybridized carbons (Fsp3) is 0.400. The molecule has 0 aliphatic carbocycles. The summed E-state index contributed by atoms with van der Waals surface area (Å²) < 4.78 is 40.7. The molecular weight excluding hydrogens is 283 g/mol. The summed E-state index contributed by atoms with van der Waals surface area (Å²) in [7, 11) is 1.65. The SMILES string of the molecule is Cn1c(CC(C)(C)C(=O)O)cc2c(C(F)(F)F)cccc21. The fourth-order valence-corrected chi connectivity index (χ4v) is 2.36. The predicted octanol–water partition coefficient (Wildman–Crippen LogP) is 3.85. The van der Waals surface area contributed by atoms with Gasteiger partial charge in [-0.05, 0) is 32.0 Å². The summed E-state index contributed by atoms with van der Waals surface area (Å²) in [5.41, 5.74) is -0.731. The Labute approximate surface area is 120 Å². The number of rotatable bonds is 3. The van der Waals surface area contributed by atoms with Crippen LogP contribution in [0.3, 0.4) is 0 Å². The third-order valence-electron chi connectivity index (χ3n) is 3.69. The van der Waals surface area contributed by atoms with Crippen molar-refractivity contribution in [2.45, 2.75) is 26.4 Å². The van der Waals surface area contributed by atoms with Gasteiger partial charge >= 0.3 is 12.1 Å². The Morgan fingerprint density at radius 2 is 1.90 bits per heavy atom. The summed E-state index contributed by atoms with van der Waals surface area (Å²) in [5, 5.41) is 9.26. The van der Waals surface area contributed by atoms with Gasteiger partial charge in [0.1, 0.15) is 0 Å². The van der Waals surface area contributed by atoms with Gasteiger partial charge in [0.25, 0.3) is 0 Å². The van der Waals surface area contributed by atoms with Crippen LogP contribution in [0.1, 0.15) is 25.1 Å². The second-order valence-corrected chi connectivity index (χ2v) is 5.80. The van der Waals surface area contributed by atoms with Gasteiger partial charge in [-0.2, -0.15) is 13.2 Å². The number of carboxylic acids is 1. The zero-order chi connectivity index (χ0) is 16.0. The van der Waals surface area contributed by atoms with Crippen molar-refractivity contribution >= 4 is 16.9 Å². The summed E-state index contributed by atoms with van der Waals surface area (Å²) in [5.74, 6) is -0.983. The molecule has 0 saturated heterocycles. The normalized spacial score (nSPS) is 12.9. The molecular formula is C15H16F3NO2. The quantitative estimate of drug-likeness (QED) is 0.935. The molecule has 0 radical (unpaired) electrons. The lowest BCUT2D eigenvalue weighted by Gasteiger charge is -2.19. The average molecular weight is 299 g/mol. The number of benzene rings is 1. The van der Waals surface area contributed by atoms with Crippen molar-refractivity contribution in [3.05, 3.63) is 35.5 Å². The van der Waals surface area contributed by atoms with E-state index in [1.807, 2.05) is 0 Å². The van der Waals surface area contributed by atoms with E-state index in [-0.39, 0.29) is 11.8 Å². The largest absolute Gasteiger partial charge is 0.481 e. The monoisotopic (exact) mass is 299 g/mol. The summed E-state index contributed by atoms with van der Waals surface area (Å²) in [6.07, 6.45) is -4.27. The average Bonchev–Trinajstić information content (AvgIpc) is 2.64. The van der Waals surface area contributed by atoms with Crippen LogP contribution in [0, 0.1) is 5.41 Å². The number of fused-ring (bicyclic) bond motifs is 1. The molecule has 0 spiro atoms. The first-order valence-corrected chi connectivity index (χ1v) is 6.42. The van der Waals surface area contributed by atoms with Gasteiger partial charge < -0.3 is 9.67 Å². The van der Waals surface area contributed by atoms with Crippen LogP contribution < -0.4 is 0 Å². The van der Waals surface area contributed by atoms with Crippen molar-refractivity contribution in [2.24, 2.45) is 12.5 Å². The number of alkyl halides is 3. The number of carboxylic acid groups (broad SMARTS) is 1. The molecule has 1 aromatic carbocycles. The zero-order valence-electron chi connectivity index (χ0n) is 12.0. The minimum absolute atomic E-state index is 0.101. The highest BCUT2D eigenvalue weighted by molar-refractivity contribution is 5.85. The van der Waals surface area contributed by atoms with E-state index in [0.29, 0.717) is 11.2 Å². The molecule has 6 heteroatoms. The molecule has 3 nitrogen and oxygen atoms in total. The fourth-order valence-electron chi connectivity index (χ4n) is 2.36. The van der Waals surface area contributed by atoms with Crippen LogP contribution in [-0.4, -0.2) is 15.6 Å². The summed E-state index contributed by atoms with van der Waals surface area (Å²) in [4.78, 5) is 11.2. The second kappa shape index (κ2) is 4.79. The highest BCUT2D eigenvalue weighted by Crippen LogP contribution is 2.36. The minimum atomic E-state index is -4.43. The van der Waals surface area contributed by atoms with Gasteiger partial charge in [0.2, 0.25) is 0 Å². The molecule has 0 fully saturated rings. The van der Waals surface area contributed by atoms with Crippen molar-refractivity contribution in [1.82, 2.24) is 4.57 Å². The van der Waals surface area contributed by atoms with Gasteiger partial charge in [-0.1, -0.05) is 6.07 Å². The van der Waals surface area contributed by atoms with Gasteiger partial charge in [0.05, 0.1) is 11.0 Å². The van der Waals surface area contributed by atoms with Gasteiger partial charge in [-0.15, -0.1) is 0 Å². The Hall–Kier alpha value is -1.98. The Kier molecular flexibility index (Phi) is 3.51. The van der Waals surface area contributed by atoms with Gasteiger partial charge in [-0.25, -0.2) is 0 Å². The van der Waals surface area contributed by atoms with Crippen LogP contribution in [0.15, 0.2) is 24.3 Å². The number of carbonyl (C=O) groups is 1. The van der Waals surface area contributed by atoms with Crippen LogP contribution in [0.25, 0.3) is 10.9 Å². The molecule has 0 amide bonds. The molecule has 0 aliphatic heterocycles. The van der Waals surface area contributed by atoms with Gasteiger partial charge in [-0.3, -0.25) is 4.79 Å². The molecule has 1 heterocycles. The van der Waals surface area contributed by atoms with E-state index < -0.39 is 23.1 Å². The Bertz CT molecular complexity index is 699. The third-order valence-corrected chi connectivity index (χ3v) is 3.69. The summed E-state index contributed by atoms with van der Waals surface area (Å²) >= 11 is 0. The predicted molar refractivity (Wildman–Crippen MR) is 73.0 cm³/mol. The number of hydrogen-bond acceptors (Lipinski definition) is 1. The first-order valence-electron chi connectivity index (χ1n) is 6.42. The number of halogens is 3. The van der Waals surface area contributed by atoms with Crippen LogP contribution in [0.5, 0.6) is 0 Å². The maximum Gasteiger partial charge on any atom is 0.417 e. The first kappa shape index (κ1) is 15.4. The molecule has 1 aromatic heterocycles. The molecule has 0 aliphatic rings. The summed E-state index contributed by atoms with van der Waals surface area (Å²) in [6, 6.07) is 5.43. The number of aryl methyl sites for hydroxylation is 1. The van der Waals surface area contributed by atoms with Crippen LogP contribution in [-0.2, 0) is 24.4 Å². The van der Waals surface area contributed by atoms with E-state index in [1.54, 1.807) is 31.5 Å². The Balaban J connectivity index is 2.59. The van der Waals surface area contributed by atoms with E-state index >= 15 is 0 Å². The zero-order valence-corrected chi connectivity index (χ0v) is 12.0. The van der Waals surface area contributed by atoms with Gasteiger partial charge in [0.15, 0.2) is 0 Å². The van der Waals surface area contributed by atoms with Crippen LogP contribution >= 0.6 is 0 Å². The topological polar surface area (TPSA) is 42.2 Å². The minimum Gasteiger partial charge on any atom is -0.481 e. The van der Waals surface area contributed by atoms with E-state index in [2.05, 4.69) is 0 Å². The molecule has 0 bridgehead atoms. The second-order valence-electron chi connectivity index (χ2n) is 5.80. The van der Waals surface area contributed by atoms with Crippen molar-refractivity contribution in [1.29, 1.82) is 0 Å². The lowest BCUT2D eigenvalue weighted by Crippen LogP contribution is -2.27. The summed E-state index contributed by atoms with van der Waals surface area (Å²) in [6.45, 7) is 3.11. The molecule has 1 N–H and O–H groups in total. The molecule has 21 heavy (non-hydrogen) atoms. The number of nitrogens with zero attached hydrogens (tertiary/aromatic N) is 1. The van der Waals surface area contributed by atoms with Crippen molar-refractivity contribution in [2.75, 3.05) is 0 Å². The highest BCUT2D eigenvalue weighted by atomic mass is 19.4. The van der Waals surface area contributed by atoms with Gasteiger partial charge in [0, 0.05) is 30.1 Å². The maximum atomic E-state index is 13.0. The smallest absolute Gasteiger partial charge is 0.417 e. The standard InChI is InChI=1S/C15H16F3NO2/c1-14(2,13(20)21)8-9-7-10-11(15(16,17)18)5-4-6-12(10)19(9)3/h4-7H,8H2,1-3H3,(H,20,21). The van der Waals surface area contributed by atoms with E-state index in [4.69, 9.17) is 5.11 Å². The maximum absolute atomic E-state index is 13.0.